The summed E-state index contributed by atoms with van der Waals surface area (Å²) in [6.07, 6.45) is -3.89. The van der Waals surface area contributed by atoms with Crippen molar-refractivity contribution >= 4 is 21.6 Å². The number of carbonyl (C=O) groups is 2. The molecular weight excluding hydrogens is 620 g/mol. The molecule has 0 spiro atoms. The van der Waals surface area contributed by atoms with E-state index in [1.807, 2.05) is 0 Å². The number of hydrogen-bond acceptors (Lipinski definition) is 8. The number of aliphatic carboxylic acids is 1. The maximum absolute atomic E-state index is 13.1. The van der Waals surface area contributed by atoms with Gasteiger partial charge in [-0.1, -0.05) is 6.42 Å². The lowest BCUT2D eigenvalue weighted by Crippen LogP contribution is -2.50. The predicted octanol–water partition coefficient (Wildman–Crippen LogP) is 5.09. The molecule has 0 unspecified atom stereocenters. The zero-order valence-corrected chi connectivity index (χ0v) is 24.2. The fraction of sp³-hybridized carbons (Fsp3) is 0.464. The molecule has 0 saturated carbocycles. The first kappa shape index (κ1) is 34.8. The molecule has 2 aliphatic rings. The summed E-state index contributed by atoms with van der Waals surface area (Å²) < 4.78 is 102. The first-order valence-corrected chi connectivity index (χ1v) is 15.3. The van der Waals surface area contributed by atoms with E-state index in [1.54, 1.807) is 6.07 Å². The molecule has 0 aromatic heterocycles. The van der Waals surface area contributed by atoms with E-state index < -0.39 is 45.1 Å². The zero-order chi connectivity index (χ0) is 32.9. The van der Waals surface area contributed by atoms with Crippen LogP contribution < -0.4 is 4.74 Å². The zero-order valence-electron chi connectivity index (χ0n) is 23.4. The molecule has 2 aromatic rings. The minimum Gasteiger partial charge on any atom is -0.489 e. The molecule has 2 aromatic carbocycles. The fourth-order valence-corrected chi connectivity index (χ4v) is 5.61. The highest BCUT2D eigenvalue weighted by molar-refractivity contribution is 7.90. The van der Waals surface area contributed by atoms with Gasteiger partial charge in [0.1, 0.15) is 16.7 Å². The Morgan fingerprint density at radius 3 is 2.00 bits per heavy atom. The largest absolute Gasteiger partial charge is 0.490 e. The van der Waals surface area contributed by atoms with Gasteiger partial charge in [-0.25, -0.2) is 23.2 Å². The Morgan fingerprint density at radius 2 is 1.50 bits per heavy atom. The first-order valence-electron chi connectivity index (χ1n) is 13.4. The third kappa shape index (κ3) is 9.16. The molecule has 0 aliphatic carbocycles. The lowest BCUT2D eigenvalue weighted by molar-refractivity contribution is -0.192. The van der Waals surface area contributed by atoms with Gasteiger partial charge in [-0.15, -0.1) is 0 Å². The van der Waals surface area contributed by atoms with E-state index in [0.717, 1.165) is 63.5 Å². The number of carboxylic acids is 1. The molecule has 240 valence electrons. The van der Waals surface area contributed by atoms with Gasteiger partial charge in [-0.3, -0.25) is 4.79 Å². The number of sulfone groups is 1. The van der Waals surface area contributed by atoms with Crippen molar-refractivity contribution in [1.29, 1.82) is 5.26 Å². The quantitative estimate of drug-likeness (QED) is 0.336. The summed E-state index contributed by atoms with van der Waals surface area (Å²) in [6.45, 7) is 3.71. The Kier molecular flexibility index (Phi) is 11.0. The van der Waals surface area contributed by atoms with Crippen molar-refractivity contribution in [3.63, 3.8) is 0 Å². The summed E-state index contributed by atoms with van der Waals surface area (Å²) in [6, 6.07) is 7.82. The van der Waals surface area contributed by atoms with E-state index in [-0.39, 0.29) is 27.9 Å². The van der Waals surface area contributed by atoms with Crippen LogP contribution in [0.3, 0.4) is 0 Å². The van der Waals surface area contributed by atoms with Gasteiger partial charge in [-0.05, 0) is 62.1 Å². The monoisotopic (exact) mass is 649 g/mol. The average molecular weight is 650 g/mol. The number of nitrogens with zero attached hydrogens (tertiary/aromatic N) is 3. The molecule has 2 aliphatic heterocycles. The highest BCUT2D eigenvalue weighted by Gasteiger charge is 2.38. The van der Waals surface area contributed by atoms with Crippen LogP contribution in [-0.2, 0) is 20.8 Å². The molecule has 0 atom stereocenters. The first-order chi connectivity index (χ1) is 20.4. The van der Waals surface area contributed by atoms with Crippen molar-refractivity contribution in [2.45, 2.75) is 55.5 Å². The minimum absolute atomic E-state index is 0.0658. The van der Waals surface area contributed by atoms with E-state index in [2.05, 4.69) is 10.0 Å². The second-order valence-corrected chi connectivity index (χ2v) is 12.2. The van der Waals surface area contributed by atoms with Gasteiger partial charge in [0.15, 0.2) is 15.6 Å². The molecule has 0 radical (unpaired) electrons. The lowest BCUT2D eigenvalue weighted by atomic mass is 9.97. The summed E-state index contributed by atoms with van der Waals surface area (Å²) >= 11 is 0. The van der Waals surface area contributed by atoms with Gasteiger partial charge in [0, 0.05) is 43.6 Å². The number of carbonyl (C=O) groups excluding carboxylic acids is 1. The molecule has 4 rings (SSSR count). The smallest absolute Gasteiger partial charge is 0.489 e. The third-order valence-corrected chi connectivity index (χ3v) is 8.12. The van der Waals surface area contributed by atoms with E-state index in [4.69, 9.17) is 14.6 Å². The number of halogens is 6. The standard InChI is InChI=1S/C26H28F3N3O4S.C2HF3O2/c1-37(34,35)24-16-18(25(33)22-7-6-20(26(27,28)29)15-19(22)17-30)5-8-23(24)36-21-9-13-32(14-10-21)31-11-3-2-4-12-31;3-2(4,5)1(6)7/h5-8,15-16,21H,2-4,9-14H2,1H3;(H,6,7). The molecule has 0 amide bonds. The van der Waals surface area contributed by atoms with Gasteiger partial charge >= 0.3 is 18.3 Å². The van der Waals surface area contributed by atoms with Crippen LogP contribution in [0.1, 0.15) is 59.2 Å². The number of piperidine rings is 2. The average Bonchev–Trinajstić information content (AvgIpc) is 2.96. The fourth-order valence-electron chi connectivity index (χ4n) is 4.79. The maximum atomic E-state index is 13.1. The van der Waals surface area contributed by atoms with Crippen LogP contribution >= 0.6 is 0 Å². The maximum Gasteiger partial charge on any atom is 0.490 e. The van der Waals surface area contributed by atoms with Crippen molar-refractivity contribution in [1.82, 2.24) is 10.0 Å². The van der Waals surface area contributed by atoms with Crippen molar-refractivity contribution in [2.75, 3.05) is 32.4 Å². The third-order valence-electron chi connectivity index (χ3n) is 7.00. The number of hydrogen-bond donors (Lipinski definition) is 1. The highest BCUT2D eigenvalue weighted by Crippen LogP contribution is 2.33. The highest BCUT2D eigenvalue weighted by atomic mass is 32.2. The molecule has 0 bridgehead atoms. The van der Waals surface area contributed by atoms with Gasteiger partial charge in [0.25, 0.3) is 0 Å². The summed E-state index contributed by atoms with van der Waals surface area (Å²) in [5, 5.41) is 21.2. The van der Waals surface area contributed by atoms with Crippen molar-refractivity contribution < 1.29 is 54.2 Å². The summed E-state index contributed by atoms with van der Waals surface area (Å²) in [4.78, 5) is 21.8. The molecule has 2 saturated heterocycles. The second-order valence-electron chi connectivity index (χ2n) is 10.2. The van der Waals surface area contributed by atoms with Crippen LogP contribution in [0.2, 0.25) is 0 Å². The predicted molar refractivity (Wildman–Crippen MR) is 143 cm³/mol. The van der Waals surface area contributed by atoms with E-state index in [0.29, 0.717) is 6.07 Å². The van der Waals surface area contributed by atoms with Gasteiger partial charge in [0.05, 0.1) is 17.2 Å². The Bertz CT molecular complexity index is 1510. The molecule has 1 N–H and O–H groups in total. The number of ether oxygens (including phenoxy) is 1. The van der Waals surface area contributed by atoms with E-state index >= 15 is 0 Å². The van der Waals surface area contributed by atoms with Crippen molar-refractivity contribution in [3.05, 3.63) is 58.7 Å². The number of carboxylic acid groups (broad SMARTS) is 1. The number of benzene rings is 2. The Hall–Kier alpha value is -3.68. The molecule has 9 nitrogen and oxygen atoms in total. The van der Waals surface area contributed by atoms with Gasteiger partial charge < -0.3 is 9.84 Å². The number of rotatable bonds is 6. The number of nitriles is 1. The molecule has 2 fully saturated rings. The van der Waals surface area contributed by atoms with Gasteiger partial charge in [-0.2, -0.15) is 31.6 Å². The van der Waals surface area contributed by atoms with Crippen LogP contribution in [0.5, 0.6) is 5.75 Å². The molecule has 16 heteroatoms. The Labute approximate surface area is 249 Å². The number of alkyl halides is 6. The number of hydrazine groups is 1. The Morgan fingerprint density at radius 1 is 0.932 bits per heavy atom. The van der Waals surface area contributed by atoms with Crippen LogP contribution in [0.25, 0.3) is 0 Å². The Balaban J connectivity index is 0.000000676. The van der Waals surface area contributed by atoms with E-state index in [9.17, 15) is 44.8 Å². The second kappa shape index (κ2) is 14.0. The van der Waals surface area contributed by atoms with Gasteiger partial charge in [0.2, 0.25) is 0 Å². The summed E-state index contributed by atoms with van der Waals surface area (Å²) in [7, 11) is -3.80. The molecular formula is C28H29F6N3O6S. The van der Waals surface area contributed by atoms with Crippen LogP contribution in [0.15, 0.2) is 41.3 Å². The number of ketones is 1. The van der Waals surface area contributed by atoms with Crippen LogP contribution in [0.4, 0.5) is 26.3 Å². The summed E-state index contributed by atoms with van der Waals surface area (Å²) in [5.41, 5.74) is -1.80. The topological polar surface area (TPSA) is 128 Å². The minimum atomic E-state index is -5.08. The van der Waals surface area contributed by atoms with Crippen LogP contribution in [-0.4, -0.2) is 80.0 Å². The van der Waals surface area contributed by atoms with Crippen LogP contribution in [0, 0.1) is 11.3 Å². The molecule has 44 heavy (non-hydrogen) atoms. The van der Waals surface area contributed by atoms with Crippen molar-refractivity contribution in [3.8, 4) is 11.8 Å². The SMILES string of the molecule is CS(=O)(=O)c1cc(C(=O)c2ccc(C(F)(F)F)cc2C#N)ccc1OC1CCN(N2CCCCC2)CC1.O=C(O)C(F)(F)F. The van der Waals surface area contributed by atoms with E-state index in [1.165, 1.54) is 31.4 Å². The normalized spacial score (nSPS) is 17.2. The van der Waals surface area contributed by atoms with Crippen molar-refractivity contribution in [2.24, 2.45) is 0 Å². The summed E-state index contributed by atoms with van der Waals surface area (Å²) in [5.74, 6) is -3.38. The lowest BCUT2D eigenvalue weighted by Gasteiger charge is -2.41. The molecule has 2 heterocycles.